The molecule has 1 N–H and O–H groups in total. The molecule has 2 heterocycles. The number of nitrogens with one attached hydrogen (secondary N) is 1. The number of hydrogen-bond acceptors (Lipinski definition) is 6. The van der Waals surface area contributed by atoms with Crippen LogP contribution in [0.5, 0.6) is 0 Å². The summed E-state index contributed by atoms with van der Waals surface area (Å²) in [6.07, 6.45) is 0. The highest BCUT2D eigenvalue weighted by Crippen LogP contribution is 2.27. The van der Waals surface area contributed by atoms with Gasteiger partial charge in [0, 0.05) is 36.3 Å². The number of fused-ring (bicyclic) bond motifs is 1. The van der Waals surface area contributed by atoms with Gasteiger partial charge in [-0.3, -0.25) is 0 Å². The van der Waals surface area contributed by atoms with E-state index in [4.69, 9.17) is 4.42 Å². The third-order valence-electron chi connectivity index (χ3n) is 5.06. The lowest BCUT2D eigenvalue weighted by atomic mass is 9.95. The Bertz CT molecular complexity index is 1240. The highest BCUT2D eigenvalue weighted by molar-refractivity contribution is 5.82. The Hall–Kier alpha value is -3.48. The minimum Gasteiger partial charge on any atom is -0.423 e. The highest BCUT2D eigenvalue weighted by atomic mass is 16.4. The van der Waals surface area contributed by atoms with Crippen LogP contribution in [0.2, 0.25) is 0 Å². The van der Waals surface area contributed by atoms with Crippen molar-refractivity contribution in [2.45, 2.75) is 33.2 Å². The van der Waals surface area contributed by atoms with E-state index in [9.17, 15) is 4.79 Å². The summed E-state index contributed by atoms with van der Waals surface area (Å²) >= 11 is 0. The Kier molecular flexibility index (Phi) is 4.88. The van der Waals surface area contributed by atoms with E-state index in [1.807, 2.05) is 37.3 Å². The molecule has 0 unspecified atom stereocenters. The largest absolute Gasteiger partial charge is 0.423 e. The van der Waals surface area contributed by atoms with Crippen LogP contribution in [0.25, 0.3) is 22.4 Å². The van der Waals surface area contributed by atoms with Gasteiger partial charge in [0.25, 0.3) is 0 Å². The number of aryl methyl sites for hydroxylation is 2. The van der Waals surface area contributed by atoms with Crippen molar-refractivity contribution in [3.8, 4) is 11.4 Å². The summed E-state index contributed by atoms with van der Waals surface area (Å²) in [5.74, 6) is 1.08. The van der Waals surface area contributed by atoms with Crippen molar-refractivity contribution >= 4 is 16.7 Å². The minimum atomic E-state index is -0.343. The summed E-state index contributed by atoms with van der Waals surface area (Å²) in [5.41, 5.74) is 5.40. The van der Waals surface area contributed by atoms with Crippen LogP contribution in [-0.4, -0.2) is 20.2 Å². The van der Waals surface area contributed by atoms with Crippen LogP contribution in [-0.2, 0) is 13.6 Å². The number of nitrogens with zero attached hydrogens (tertiary/aromatic N) is 4. The highest BCUT2D eigenvalue weighted by Gasteiger charge is 2.12. The van der Waals surface area contributed by atoms with Gasteiger partial charge in [0.15, 0.2) is 5.82 Å². The second-order valence-electron chi connectivity index (χ2n) is 7.51. The molecule has 0 aliphatic carbocycles. The lowest BCUT2D eigenvalue weighted by Gasteiger charge is -2.14. The Morgan fingerprint density at radius 3 is 2.72 bits per heavy atom. The summed E-state index contributed by atoms with van der Waals surface area (Å²) in [5, 5.41) is 16.0. The predicted octanol–water partition coefficient (Wildman–Crippen LogP) is 4.03. The van der Waals surface area contributed by atoms with Crippen LogP contribution in [0.4, 0.5) is 5.69 Å². The van der Waals surface area contributed by atoms with Gasteiger partial charge in [-0.15, -0.1) is 5.10 Å². The zero-order valence-corrected chi connectivity index (χ0v) is 16.9. The molecule has 4 aromatic rings. The van der Waals surface area contributed by atoms with Crippen LogP contribution >= 0.6 is 0 Å². The molecule has 0 saturated heterocycles. The van der Waals surface area contributed by atoms with Crippen molar-refractivity contribution in [1.29, 1.82) is 0 Å². The summed E-state index contributed by atoms with van der Waals surface area (Å²) in [7, 11) is 1.80. The third-order valence-corrected chi connectivity index (χ3v) is 5.06. The van der Waals surface area contributed by atoms with Gasteiger partial charge in [-0.2, -0.15) is 0 Å². The molecule has 0 spiro atoms. The molecule has 148 valence electrons. The molecule has 0 aliphatic heterocycles. The molecule has 29 heavy (non-hydrogen) atoms. The topological polar surface area (TPSA) is 85.8 Å². The first-order chi connectivity index (χ1) is 13.9. The fraction of sp³-hybridized carbons (Fsp3) is 0.273. The SMILES string of the molecule is Cc1cc2oc(=O)cc(CNc3cccc(-c4nnnn4C)c3)c2cc1C(C)C. The zero-order valence-electron chi connectivity index (χ0n) is 16.9. The van der Waals surface area contributed by atoms with E-state index in [0.717, 1.165) is 27.8 Å². The van der Waals surface area contributed by atoms with Crippen molar-refractivity contribution in [1.82, 2.24) is 20.2 Å². The fourth-order valence-electron chi connectivity index (χ4n) is 3.60. The molecule has 4 rings (SSSR count). The Morgan fingerprint density at radius 2 is 2.00 bits per heavy atom. The van der Waals surface area contributed by atoms with E-state index in [1.54, 1.807) is 17.8 Å². The molecule has 7 nitrogen and oxygen atoms in total. The minimum absolute atomic E-state index is 0.343. The van der Waals surface area contributed by atoms with E-state index in [2.05, 4.69) is 40.8 Å². The lowest BCUT2D eigenvalue weighted by molar-refractivity contribution is 0.558. The summed E-state index contributed by atoms with van der Waals surface area (Å²) in [6.45, 7) is 6.88. The maximum absolute atomic E-state index is 12.1. The molecule has 2 aromatic carbocycles. The van der Waals surface area contributed by atoms with Gasteiger partial charge in [0.05, 0.1) is 0 Å². The smallest absolute Gasteiger partial charge is 0.336 e. The number of aromatic nitrogens is 4. The summed E-state index contributed by atoms with van der Waals surface area (Å²) in [6, 6.07) is 13.5. The maximum Gasteiger partial charge on any atom is 0.336 e. The number of rotatable bonds is 5. The van der Waals surface area contributed by atoms with Crippen LogP contribution in [0.3, 0.4) is 0 Å². The molecular formula is C22H23N5O2. The fourth-order valence-corrected chi connectivity index (χ4v) is 3.60. The molecule has 0 radical (unpaired) electrons. The standard InChI is InChI=1S/C22H23N5O2/c1-13(2)18-11-19-16(10-21(28)29-20(19)8-14(18)3)12-23-17-7-5-6-15(9-17)22-24-25-26-27(22)4/h5-11,13,23H,12H2,1-4H3. The average molecular weight is 389 g/mol. The molecule has 0 atom stereocenters. The van der Waals surface area contributed by atoms with Gasteiger partial charge >= 0.3 is 5.63 Å². The van der Waals surface area contributed by atoms with Gasteiger partial charge in [-0.25, -0.2) is 9.48 Å². The predicted molar refractivity (Wildman–Crippen MR) is 113 cm³/mol. The first-order valence-electron chi connectivity index (χ1n) is 9.56. The second kappa shape index (κ2) is 7.50. The molecule has 0 amide bonds. The third kappa shape index (κ3) is 3.76. The Balaban J connectivity index is 1.67. The number of hydrogen-bond donors (Lipinski definition) is 1. The number of anilines is 1. The van der Waals surface area contributed by atoms with Crippen LogP contribution in [0.15, 0.2) is 51.7 Å². The number of tetrazole rings is 1. The molecule has 2 aromatic heterocycles. The van der Waals surface area contributed by atoms with E-state index in [-0.39, 0.29) is 5.63 Å². The van der Waals surface area contributed by atoms with Crippen molar-refractivity contribution in [3.63, 3.8) is 0 Å². The molecule has 0 bridgehead atoms. The summed E-state index contributed by atoms with van der Waals surface area (Å²) < 4.78 is 7.07. The normalized spacial score (nSPS) is 11.3. The first kappa shape index (κ1) is 18.9. The monoisotopic (exact) mass is 389 g/mol. The second-order valence-corrected chi connectivity index (χ2v) is 7.51. The van der Waals surface area contributed by atoms with Gasteiger partial charge < -0.3 is 9.73 Å². The van der Waals surface area contributed by atoms with Gasteiger partial charge in [-0.05, 0) is 64.2 Å². The van der Waals surface area contributed by atoms with Gasteiger partial charge in [0.2, 0.25) is 0 Å². The molecule has 0 aliphatic rings. The summed E-state index contributed by atoms with van der Waals surface area (Å²) in [4.78, 5) is 12.1. The average Bonchev–Trinajstić information content (AvgIpc) is 3.11. The number of benzene rings is 2. The van der Waals surface area contributed by atoms with Crippen molar-refractivity contribution in [3.05, 3.63) is 69.6 Å². The Labute approximate surface area is 168 Å². The van der Waals surface area contributed by atoms with Crippen LogP contribution < -0.4 is 10.9 Å². The van der Waals surface area contributed by atoms with E-state index < -0.39 is 0 Å². The molecule has 0 fully saturated rings. The first-order valence-corrected chi connectivity index (χ1v) is 9.56. The van der Waals surface area contributed by atoms with Crippen LogP contribution in [0.1, 0.15) is 36.5 Å². The van der Waals surface area contributed by atoms with Gasteiger partial charge in [0.1, 0.15) is 5.58 Å². The van der Waals surface area contributed by atoms with E-state index in [1.165, 1.54) is 5.56 Å². The quantitative estimate of drug-likeness (QED) is 0.519. The van der Waals surface area contributed by atoms with Gasteiger partial charge in [-0.1, -0.05) is 26.0 Å². The maximum atomic E-state index is 12.1. The van der Waals surface area contributed by atoms with E-state index in [0.29, 0.717) is 23.9 Å². The molecular weight excluding hydrogens is 366 g/mol. The van der Waals surface area contributed by atoms with Crippen molar-refractivity contribution < 1.29 is 4.42 Å². The zero-order chi connectivity index (χ0) is 20.5. The van der Waals surface area contributed by atoms with E-state index >= 15 is 0 Å². The van der Waals surface area contributed by atoms with Crippen molar-refractivity contribution in [2.24, 2.45) is 7.05 Å². The van der Waals surface area contributed by atoms with Crippen LogP contribution in [0, 0.1) is 6.92 Å². The molecule has 7 heteroatoms. The lowest BCUT2D eigenvalue weighted by Crippen LogP contribution is -2.07. The molecule has 0 saturated carbocycles. The van der Waals surface area contributed by atoms with Crippen molar-refractivity contribution in [2.75, 3.05) is 5.32 Å². The Morgan fingerprint density at radius 1 is 1.17 bits per heavy atom.